The summed E-state index contributed by atoms with van der Waals surface area (Å²) in [5.41, 5.74) is 5.11. The Balaban J connectivity index is 2.10. The fourth-order valence-corrected chi connectivity index (χ4v) is 6.39. The third-order valence-electron chi connectivity index (χ3n) is 9.84. The van der Waals surface area contributed by atoms with Crippen molar-refractivity contribution in [2.45, 2.75) is 81.6 Å². The first-order valence-electron chi connectivity index (χ1n) is 16.9. The highest BCUT2D eigenvalue weighted by molar-refractivity contribution is 5.83. The lowest BCUT2D eigenvalue weighted by atomic mass is 9.60. The predicted molar refractivity (Wildman–Crippen MR) is 202 cm³/mol. The predicted octanol–water partition coefficient (Wildman–Crippen LogP) is 11.8. The number of hydrogen-bond donors (Lipinski definition) is 0. The quantitative estimate of drug-likeness (QED) is 0.144. The summed E-state index contributed by atoms with van der Waals surface area (Å²) in [7, 11) is 0. The fourth-order valence-electron chi connectivity index (χ4n) is 6.39. The zero-order chi connectivity index (χ0) is 36.6. The van der Waals surface area contributed by atoms with Gasteiger partial charge < -0.3 is 4.90 Å². The van der Waals surface area contributed by atoms with Crippen LogP contribution < -0.4 is 4.90 Å². The van der Waals surface area contributed by atoms with E-state index < -0.39 is 0 Å². The van der Waals surface area contributed by atoms with Crippen LogP contribution in [0.4, 0.5) is 11.4 Å². The molecule has 5 nitrogen and oxygen atoms in total. The van der Waals surface area contributed by atoms with Crippen molar-refractivity contribution in [1.82, 2.24) is 0 Å². The minimum Gasteiger partial charge on any atom is -0.311 e. The summed E-state index contributed by atoms with van der Waals surface area (Å²) in [6, 6.07) is 25.2. The second-order valence-corrected chi connectivity index (χ2v) is 14.8. The number of nitrogens with zero attached hydrogens (tertiary/aromatic N) is 5. The molecule has 0 spiro atoms. The molecule has 0 N–H and O–H groups in total. The Labute approximate surface area is 294 Å². The molecule has 0 saturated carbocycles. The van der Waals surface area contributed by atoms with Gasteiger partial charge in [-0.25, -0.2) is 0 Å². The zero-order valence-corrected chi connectivity index (χ0v) is 30.6. The Kier molecular flexibility index (Phi) is 12.2. The van der Waals surface area contributed by atoms with Crippen molar-refractivity contribution in [3.63, 3.8) is 0 Å². The average Bonchev–Trinajstić information content (AvgIpc) is 3.08. The first-order chi connectivity index (χ1) is 23.1. The van der Waals surface area contributed by atoms with E-state index in [2.05, 4.69) is 135 Å². The monoisotopic (exact) mass is 647 g/mol. The maximum Gasteiger partial charge on any atom is 0.101 e. The van der Waals surface area contributed by atoms with E-state index in [1.807, 2.05) is 36.4 Å². The lowest BCUT2D eigenvalue weighted by Gasteiger charge is -2.45. The molecule has 2 atom stereocenters. The first-order valence-corrected chi connectivity index (χ1v) is 16.9. The molecule has 0 aromatic heterocycles. The molecule has 250 valence electrons. The van der Waals surface area contributed by atoms with Gasteiger partial charge >= 0.3 is 0 Å². The molecule has 0 radical (unpaired) electrons. The van der Waals surface area contributed by atoms with E-state index in [9.17, 15) is 21.0 Å². The van der Waals surface area contributed by atoms with Crippen LogP contribution in [0.15, 0.2) is 91.2 Å². The van der Waals surface area contributed by atoms with Crippen LogP contribution in [0.2, 0.25) is 0 Å². The topological polar surface area (TPSA) is 98.4 Å². The van der Waals surface area contributed by atoms with Crippen LogP contribution in [-0.2, 0) is 0 Å². The van der Waals surface area contributed by atoms with Gasteiger partial charge in [0.05, 0.1) is 22.3 Å². The second-order valence-electron chi connectivity index (χ2n) is 14.8. The van der Waals surface area contributed by atoms with E-state index in [0.717, 1.165) is 41.9 Å². The van der Waals surface area contributed by atoms with Crippen molar-refractivity contribution >= 4 is 11.4 Å². The van der Waals surface area contributed by atoms with Crippen molar-refractivity contribution < 1.29 is 0 Å². The van der Waals surface area contributed by atoms with E-state index in [0.29, 0.717) is 11.5 Å². The van der Waals surface area contributed by atoms with E-state index in [1.165, 1.54) is 6.07 Å². The molecule has 0 unspecified atom stereocenters. The molecule has 0 fully saturated rings. The van der Waals surface area contributed by atoms with Gasteiger partial charge in [-0.2, -0.15) is 21.0 Å². The van der Waals surface area contributed by atoms with Crippen molar-refractivity contribution in [1.29, 1.82) is 21.0 Å². The lowest BCUT2D eigenvalue weighted by molar-refractivity contribution is 0.0884. The van der Waals surface area contributed by atoms with Gasteiger partial charge in [-0.3, -0.25) is 0 Å². The summed E-state index contributed by atoms with van der Waals surface area (Å²) < 4.78 is 0. The number of hydrogen-bond acceptors (Lipinski definition) is 5. The zero-order valence-electron chi connectivity index (χ0n) is 30.6. The minimum atomic E-state index is 0.0176. The fraction of sp³-hybridized carbons (Fsp3) is 0.364. The molecule has 0 aliphatic carbocycles. The van der Waals surface area contributed by atoms with E-state index >= 15 is 0 Å². The van der Waals surface area contributed by atoms with Crippen molar-refractivity contribution in [3.05, 3.63) is 119 Å². The molecule has 3 aromatic carbocycles. The van der Waals surface area contributed by atoms with Crippen LogP contribution in [0.3, 0.4) is 0 Å². The van der Waals surface area contributed by atoms with Gasteiger partial charge in [-0.1, -0.05) is 116 Å². The van der Waals surface area contributed by atoms with Gasteiger partial charge in [-0.15, -0.1) is 0 Å². The highest BCUT2D eigenvalue weighted by Gasteiger charge is 2.39. The number of rotatable bonds is 12. The maximum atomic E-state index is 9.96. The van der Waals surface area contributed by atoms with Crippen molar-refractivity contribution in [2.75, 3.05) is 4.90 Å². The molecular formula is C44H49N5. The normalized spacial score (nSPS) is 13.6. The Morgan fingerprint density at radius 2 is 1.27 bits per heavy atom. The molecule has 49 heavy (non-hydrogen) atoms. The summed E-state index contributed by atoms with van der Waals surface area (Å²) in [6.45, 7) is 25.0. The number of nitriles is 4. The van der Waals surface area contributed by atoms with Crippen molar-refractivity contribution in [2.24, 2.45) is 22.2 Å². The Hall–Kier alpha value is -5.36. The molecule has 3 aromatic rings. The summed E-state index contributed by atoms with van der Waals surface area (Å²) in [5.74, 6) is 0.399. The highest BCUT2D eigenvalue weighted by Crippen LogP contribution is 2.48. The summed E-state index contributed by atoms with van der Waals surface area (Å²) in [6.07, 6.45) is 12.2. The van der Waals surface area contributed by atoms with Gasteiger partial charge in [0.2, 0.25) is 0 Å². The first kappa shape index (κ1) is 38.1. The molecule has 3 rings (SSSR count). The van der Waals surface area contributed by atoms with Crippen LogP contribution in [0.5, 0.6) is 0 Å². The number of allylic oxidation sites excluding steroid dienone is 4. The van der Waals surface area contributed by atoms with Gasteiger partial charge in [0.1, 0.15) is 24.3 Å². The summed E-state index contributed by atoms with van der Waals surface area (Å²) in [4.78, 5) is 2.08. The Bertz CT molecular complexity index is 1840. The number of anilines is 2. The maximum absolute atomic E-state index is 9.96. The lowest BCUT2D eigenvalue weighted by Crippen LogP contribution is -2.36. The van der Waals surface area contributed by atoms with Gasteiger partial charge in [0, 0.05) is 22.6 Å². The van der Waals surface area contributed by atoms with Gasteiger partial charge in [0.25, 0.3) is 0 Å². The van der Waals surface area contributed by atoms with E-state index in [1.54, 1.807) is 0 Å². The van der Waals surface area contributed by atoms with Crippen molar-refractivity contribution in [3.8, 4) is 35.4 Å². The van der Waals surface area contributed by atoms with Crippen LogP contribution in [0.25, 0.3) is 11.1 Å². The molecule has 0 aliphatic rings. The van der Waals surface area contributed by atoms with E-state index in [4.69, 9.17) is 0 Å². The Morgan fingerprint density at radius 3 is 1.69 bits per heavy atom. The average molecular weight is 648 g/mol. The molecule has 0 aliphatic heterocycles. The molecule has 5 heteroatoms. The standard InChI is InChI=1S/C44H49N5/c1-11-43(8,9)40(44(10,12-2)25-24-42(5,6)7)15-13-14-32(4)49(36-20-16-31(3)17-21-36)37-22-18-33(19-23-37)41-38(29-47)34(27-45)26-35(28-46)39(41)30-48/h13-14,16-26,40H,4,11-12,15H2,1-3,5-10H3/b14-13-,25-24+/t40-,44+/m0/s1. The molecule has 0 amide bonds. The number of benzene rings is 3. The summed E-state index contributed by atoms with van der Waals surface area (Å²) in [5, 5.41) is 39.3. The molecular weight excluding hydrogens is 599 g/mol. The van der Waals surface area contributed by atoms with Crippen LogP contribution >= 0.6 is 0 Å². The molecule has 0 saturated heterocycles. The van der Waals surface area contributed by atoms with E-state index in [-0.39, 0.29) is 44.1 Å². The molecule has 0 heterocycles. The number of aryl methyl sites for hydroxylation is 1. The highest BCUT2D eigenvalue weighted by atomic mass is 15.1. The van der Waals surface area contributed by atoms with Crippen LogP contribution in [-0.4, -0.2) is 0 Å². The summed E-state index contributed by atoms with van der Waals surface area (Å²) >= 11 is 0. The largest absolute Gasteiger partial charge is 0.311 e. The third-order valence-corrected chi connectivity index (χ3v) is 9.84. The minimum absolute atomic E-state index is 0.0176. The third kappa shape index (κ3) is 8.76. The smallest absolute Gasteiger partial charge is 0.101 e. The van der Waals surface area contributed by atoms with Crippen LogP contribution in [0.1, 0.15) is 102 Å². The van der Waals surface area contributed by atoms with Crippen LogP contribution in [0, 0.1) is 74.4 Å². The van der Waals surface area contributed by atoms with Gasteiger partial charge in [-0.05, 0) is 83.9 Å². The SMILES string of the molecule is C=C(/C=C\C[C@@H](C(C)(C)CC)[C@@](C)(/C=C/C(C)(C)C)CC)N(c1ccc(C)cc1)c1ccc(-c2c(C#N)c(C#N)cc(C#N)c2C#N)cc1. The second kappa shape index (κ2) is 15.7. The Morgan fingerprint density at radius 1 is 0.755 bits per heavy atom. The van der Waals surface area contributed by atoms with Gasteiger partial charge in [0.15, 0.2) is 0 Å². The molecule has 0 bridgehead atoms.